The quantitative estimate of drug-likeness (QED) is 0.614. The van der Waals surface area contributed by atoms with Crippen molar-refractivity contribution in [2.75, 3.05) is 22.5 Å². The van der Waals surface area contributed by atoms with Gasteiger partial charge in [-0.15, -0.1) is 15.7 Å². The van der Waals surface area contributed by atoms with E-state index in [4.69, 9.17) is 10.5 Å². The number of anilines is 2. The molecule has 1 atom stereocenters. The number of ether oxygens (including phenoxy) is 1. The molecule has 0 saturated heterocycles. The lowest BCUT2D eigenvalue weighted by Gasteiger charge is -2.22. The van der Waals surface area contributed by atoms with Crippen LogP contribution >= 0.6 is 23.1 Å². The average Bonchev–Trinajstić information content (AvgIpc) is 3.29. The number of benzene rings is 1. The first-order valence-corrected chi connectivity index (χ1v) is 12.3. The van der Waals surface area contributed by atoms with Crippen molar-refractivity contribution in [1.29, 1.82) is 0 Å². The maximum Gasteiger partial charge on any atom is 0.338 e. The van der Waals surface area contributed by atoms with Crippen molar-refractivity contribution in [3.05, 3.63) is 40.8 Å². The number of nitrogens with one attached hydrogen (secondary N) is 1. The molecule has 1 aromatic heterocycles. The monoisotopic (exact) mass is 480 g/mol. The standard InChI is InChI=1S/C18H16N4O6S3/c1-9(15(24)20-16-11(14(19)23)4-6-29-16)28-17(25)10-2-3-12-13(8-10)30-18-21-31(26,27)7-5-22(12)18/h2-4,6,8-9H,5,7H2,1H3,(H2,19,23)(H,20,24). The zero-order valence-corrected chi connectivity index (χ0v) is 18.5. The maximum atomic E-state index is 12.5. The number of amidine groups is 1. The van der Waals surface area contributed by atoms with Gasteiger partial charge in [0.05, 0.1) is 22.6 Å². The largest absolute Gasteiger partial charge is 0.449 e. The molecule has 1 unspecified atom stereocenters. The van der Waals surface area contributed by atoms with Gasteiger partial charge in [0, 0.05) is 11.4 Å². The number of hydrogen-bond donors (Lipinski definition) is 2. The molecule has 162 valence electrons. The van der Waals surface area contributed by atoms with Gasteiger partial charge in [-0.2, -0.15) is 0 Å². The van der Waals surface area contributed by atoms with Gasteiger partial charge in [-0.05, 0) is 48.3 Å². The van der Waals surface area contributed by atoms with E-state index in [9.17, 15) is 22.8 Å². The number of thiophene rings is 1. The predicted molar refractivity (Wildman–Crippen MR) is 117 cm³/mol. The lowest BCUT2D eigenvalue weighted by atomic mass is 10.2. The Bertz CT molecular complexity index is 1240. The van der Waals surface area contributed by atoms with E-state index in [0.29, 0.717) is 10.1 Å². The topological polar surface area (TPSA) is 148 Å². The second-order valence-electron chi connectivity index (χ2n) is 6.66. The number of nitrogens with two attached hydrogens (primary N) is 1. The van der Waals surface area contributed by atoms with Crippen LogP contribution in [0.25, 0.3) is 0 Å². The van der Waals surface area contributed by atoms with Gasteiger partial charge >= 0.3 is 5.97 Å². The molecule has 2 aliphatic rings. The fourth-order valence-corrected chi connectivity index (χ4v) is 6.04. The molecule has 31 heavy (non-hydrogen) atoms. The number of fused-ring (bicyclic) bond motifs is 3. The van der Waals surface area contributed by atoms with E-state index in [1.165, 1.54) is 13.0 Å². The number of carbonyl (C=O) groups excluding carboxylic acids is 3. The van der Waals surface area contributed by atoms with Crippen LogP contribution in [0.1, 0.15) is 27.6 Å². The number of nitrogens with zero attached hydrogens (tertiary/aromatic N) is 2. The third-order valence-electron chi connectivity index (χ3n) is 4.53. The minimum absolute atomic E-state index is 0.0748. The van der Waals surface area contributed by atoms with Crippen LogP contribution in [0.2, 0.25) is 0 Å². The Balaban J connectivity index is 1.45. The van der Waals surface area contributed by atoms with Crippen molar-refractivity contribution >= 4 is 66.8 Å². The zero-order valence-electron chi connectivity index (χ0n) is 16.0. The first-order chi connectivity index (χ1) is 14.6. The third-order valence-corrected chi connectivity index (χ3v) is 7.67. The minimum Gasteiger partial charge on any atom is -0.449 e. The third kappa shape index (κ3) is 4.29. The molecule has 0 fully saturated rings. The molecule has 1 aromatic carbocycles. The van der Waals surface area contributed by atoms with Crippen molar-refractivity contribution in [3.8, 4) is 0 Å². The summed E-state index contributed by atoms with van der Waals surface area (Å²) in [5.41, 5.74) is 6.40. The highest BCUT2D eigenvalue weighted by molar-refractivity contribution is 8.15. The van der Waals surface area contributed by atoms with Crippen molar-refractivity contribution in [2.45, 2.75) is 17.9 Å². The summed E-state index contributed by atoms with van der Waals surface area (Å²) >= 11 is 2.28. The first kappa shape index (κ1) is 21.3. The van der Waals surface area contributed by atoms with Crippen LogP contribution in [0.4, 0.5) is 10.7 Å². The van der Waals surface area contributed by atoms with Crippen LogP contribution in [0.5, 0.6) is 0 Å². The molecule has 2 aliphatic heterocycles. The van der Waals surface area contributed by atoms with Crippen LogP contribution < -0.4 is 16.0 Å². The molecule has 2 amide bonds. The average molecular weight is 481 g/mol. The van der Waals surface area contributed by atoms with Gasteiger partial charge in [0.2, 0.25) is 0 Å². The van der Waals surface area contributed by atoms with Gasteiger partial charge in [0.25, 0.3) is 21.8 Å². The Morgan fingerprint density at radius 1 is 1.29 bits per heavy atom. The van der Waals surface area contributed by atoms with E-state index < -0.39 is 33.9 Å². The minimum atomic E-state index is -3.48. The molecule has 3 heterocycles. The lowest BCUT2D eigenvalue weighted by molar-refractivity contribution is -0.123. The van der Waals surface area contributed by atoms with E-state index in [0.717, 1.165) is 28.8 Å². The molecule has 4 rings (SSSR count). The van der Waals surface area contributed by atoms with Crippen molar-refractivity contribution in [2.24, 2.45) is 10.1 Å². The van der Waals surface area contributed by atoms with Crippen molar-refractivity contribution < 1.29 is 27.5 Å². The summed E-state index contributed by atoms with van der Waals surface area (Å²) in [5, 5.41) is 4.77. The lowest BCUT2D eigenvalue weighted by Crippen LogP contribution is -2.35. The second kappa shape index (κ2) is 7.98. The van der Waals surface area contributed by atoms with Crippen molar-refractivity contribution in [1.82, 2.24) is 0 Å². The van der Waals surface area contributed by atoms with E-state index in [1.807, 2.05) is 0 Å². The molecule has 0 spiro atoms. The van der Waals surface area contributed by atoms with Gasteiger partial charge in [-0.25, -0.2) is 13.2 Å². The van der Waals surface area contributed by atoms with Gasteiger partial charge in [-0.1, -0.05) is 0 Å². The molecule has 13 heteroatoms. The van der Waals surface area contributed by atoms with E-state index in [-0.39, 0.29) is 28.4 Å². The number of carbonyl (C=O) groups is 3. The van der Waals surface area contributed by atoms with E-state index >= 15 is 0 Å². The van der Waals surface area contributed by atoms with Gasteiger partial charge in [0.15, 0.2) is 11.3 Å². The summed E-state index contributed by atoms with van der Waals surface area (Å²) in [7, 11) is -3.48. The summed E-state index contributed by atoms with van der Waals surface area (Å²) in [5.74, 6) is -2.07. The maximum absolute atomic E-state index is 12.5. The zero-order chi connectivity index (χ0) is 22.3. The Labute approximate surface area is 185 Å². The van der Waals surface area contributed by atoms with Crippen LogP contribution in [0, 0.1) is 0 Å². The molecule has 0 bridgehead atoms. The smallest absolute Gasteiger partial charge is 0.338 e. The van der Waals surface area contributed by atoms with Crippen LogP contribution in [0.3, 0.4) is 0 Å². The second-order valence-corrected chi connectivity index (χ2v) is 10.3. The predicted octanol–water partition coefficient (Wildman–Crippen LogP) is 1.64. The molecule has 10 nitrogen and oxygen atoms in total. The highest BCUT2D eigenvalue weighted by Crippen LogP contribution is 2.42. The van der Waals surface area contributed by atoms with Crippen LogP contribution in [-0.4, -0.2) is 49.8 Å². The normalized spacial score (nSPS) is 17.2. The molecular weight excluding hydrogens is 464 g/mol. The number of rotatable bonds is 5. The Morgan fingerprint density at radius 3 is 2.81 bits per heavy atom. The Hall–Kier alpha value is -2.90. The number of hydrogen-bond acceptors (Lipinski definition) is 9. The van der Waals surface area contributed by atoms with Gasteiger partial charge in [-0.3, -0.25) is 9.59 Å². The van der Waals surface area contributed by atoms with Gasteiger partial charge < -0.3 is 20.7 Å². The number of thioether (sulfide) groups is 1. The first-order valence-electron chi connectivity index (χ1n) is 8.96. The number of esters is 1. The molecule has 3 N–H and O–H groups in total. The summed E-state index contributed by atoms with van der Waals surface area (Å²) in [6, 6.07) is 6.30. The molecule has 0 radical (unpaired) electrons. The number of sulfonamides is 1. The highest BCUT2D eigenvalue weighted by Gasteiger charge is 2.33. The van der Waals surface area contributed by atoms with E-state index in [2.05, 4.69) is 9.71 Å². The number of amides is 2. The van der Waals surface area contributed by atoms with Crippen molar-refractivity contribution in [3.63, 3.8) is 0 Å². The summed E-state index contributed by atoms with van der Waals surface area (Å²) in [6.07, 6.45) is -1.13. The van der Waals surface area contributed by atoms with Crippen LogP contribution in [-0.2, 0) is 19.6 Å². The molecule has 0 aliphatic carbocycles. The Kier molecular flexibility index (Phi) is 5.49. The summed E-state index contributed by atoms with van der Waals surface area (Å²) in [4.78, 5) is 38.7. The fraction of sp³-hybridized carbons (Fsp3) is 0.222. The van der Waals surface area contributed by atoms with Crippen LogP contribution in [0.15, 0.2) is 38.9 Å². The summed E-state index contributed by atoms with van der Waals surface area (Å²) in [6.45, 7) is 1.70. The fourth-order valence-electron chi connectivity index (χ4n) is 2.95. The Morgan fingerprint density at radius 2 is 2.06 bits per heavy atom. The molecule has 0 saturated carbocycles. The number of primary amides is 1. The molecular formula is C18H16N4O6S3. The van der Waals surface area contributed by atoms with E-state index in [1.54, 1.807) is 28.5 Å². The summed E-state index contributed by atoms with van der Waals surface area (Å²) < 4.78 is 32.4. The highest BCUT2D eigenvalue weighted by atomic mass is 32.2. The SMILES string of the molecule is CC(OC(=O)c1ccc2c(c1)SC1=NS(=O)(=O)CCN12)C(=O)Nc1sccc1C(N)=O. The molecule has 2 aromatic rings. The van der Waals surface area contributed by atoms with Gasteiger partial charge in [0.1, 0.15) is 5.00 Å².